The van der Waals surface area contributed by atoms with Gasteiger partial charge in [0.05, 0.1) is 11.0 Å². The summed E-state index contributed by atoms with van der Waals surface area (Å²) in [6, 6.07) is 7.61. The van der Waals surface area contributed by atoms with E-state index in [0.29, 0.717) is 12.0 Å². The van der Waals surface area contributed by atoms with Gasteiger partial charge in [-0.3, -0.25) is 0 Å². The zero-order chi connectivity index (χ0) is 12.1. The average molecular weight is 241 g/mol. The first-order valence-electron chi connectivity index (χ1n) is 7.02. The molecule has 94 valence electrons. The Hall–Kier alpha value is -1.35. The molecule has 1 aromatic heterocycles. The molecule has 0 radical (unpaired) electrons. The first-order chi connectivity index (χ1) is 8.83. The maximum atomic E-state index is 4.75. The lowest BCUT2D eigenvalue weighted by Gasteiger charge is -2.09. The molecule has 2 aliphatic rings. The predicted octanol–water partition coefficient (Wildman–Crippen LogP) is 2.76. The van der Waals surface area contributed by atoms with Gasteiger partial charge in [-0.2, -0.15) is 0 Å². The summed E-state index contributed by atoms with van der Waals surface area (Å²) >= 11 is 0. The quantitative estimate of drug-likeness (QED) is 0.876. The van der Waals surface area contributed by atoms with E-state index < -0.39 is 0 Å². The molecule has 1 saturated heterocycles. The largest absolute Gasteiger partial charge is 0.325 e. The number of nitrogens with one attached hydrogen (secondary N) is 1. The lowest BCUT2D eigenvalue weighted by atomic mass is 9.98. The fraction of sp³-hybridized carbons (Fsp3) is 0.533. The Kier molecular flexibility index (Phi) is 2.24. The van der Waals surface area contributed by atoms with Gasteiger partial charge in [-0.05, 0) is 56.3 Å². The molecule has 0 bridgehead atoms. The Bertz CT molecular complexity index is 589. The van der Waals surface area contributed by atoms with Crippen molar-refractivity contribution >= 4 is 11.0 Å². The molecule has 1 N–H and O–H groups in total. The second kappa shape index (κ2) is 3.82. The smallest absolute Gasteiger partial charge is 0.106 e. The number of imidazole rings is 1. The van der Waals surface area contributed by atoms with Crippen LogP contribution in [-0.4, -0.2) is 22.6 Å². The summed E-state index contributed by atoms with van der Waals surface area (Å²) in [5.41, 5.74) is 3.96. The van der Waals surface area contributed by atoms with Crippen molar-refractivity contribution in [1.82, 2.24) is 14.9 Å². The number of aromatic nitrogens is 2. The topological polar surface area (TPSA) is 29.9 Å². The molecule has 1 aromatic carbocycles. The van der Waals surface area contributed by atoms with Crippen molar-refractivity contribution < 1.29 is 0 Å². The van der Waals surface area contributed by atoms with Gasteiger partial charge in [0.25, 0.3) is 0 Å². The lowest BCUT2D eigenvalue weighted by molar-refractivity contribution is 0.733. The first kappa shape index (κ1) is 10.6. The minimum atomic E-state index is 0.681. The van der Waals surface area contributed by atoms with Crippen molar-refractivity contribution in [2.45, 2.75) is 38.1 Å². The molecule has 1 saturated carbocycles. The van der Waals surface area contributed by atoms with E-state index in [1.165, 1.54) is 41.7 Å². The fourth-order valence-corrected chi connectivity index (χ4v) is 3.22. The van der Waals surface area contributed by atoms with Gasteiger partial charge in [0.15, 0.2) is 0 Å². The van der Waals surface area contributed by atoms with Crippen LogP contribution < -0.4 is 5.32 Å². The normalized spacial score (nSPS) is 23.9. The second-order valence-electron chi connectivity index (χ2n) is 5.70. The number of fused-ring (bicyclic) bond motifs is 1. The van der Waals surface area contributed by atoms with Gasteiger partial charge in [-0.1, -0.05) is 6.07 Å². The molecule has 2 heterocycles. The SMILES string of the molecule is Cc1nc2cc(C3CCNC3)ccc2n1C1CC1. The average Bonchev–Trinajstić information content (AvgIpc) is 2.93. The van der Waals surface area contributed by atoms with Crippen LogP contribution in [0.3, 0.4) is 0 Å². The molecular weight excluding hydrogens is 222 g/mol. The molecule has 1 unspecified atom stereocenters. The molecule has 3 nitrogen and oxygen atoms in total. The van der Waals surface area contributed by atoms with Crippen LogP contribution >= 0.6 is 0 Å². The molecule has 18 heavy (non-hydrogen) atoms. The summed E-state index contributed by atoms with van der Waals surface area (Å²) in [5.74, 6) is 1.86. The van der Waals surface area contributed by atoms with E-state index in [1.807, 2.05) is 0 Å². The highest BCUT2D eigenvalue weighted by Gasteiger charge is 2.27. The van der Waals surface area contributed by atoms with E-state index in [-0.39, 0.29) is 0 Å². The summed E-state index contributed by atoms with van der Waals surface area (Å²) in [6.45, 7) is 4.40. The van der Waals surface area contributed by atoms with Gasteiger partial charge in [0.1, 0.15) is 5.82 Å². The van der Waals surface area contributed by atoms with E-state index >= 15 is 0 Å². The highest BCUT2D eigenvalue weighted by molar-refractivity contribution is 5.77. The van der Waals surface area contributed by atoms with Gasteiger partial charge in [0, 0.05) is 12.6 Å². The molecule has 4 rings (SSSR count). The van der Waals surface area contributed by atoms with Crippen LogP contribution in [0, 0.1) is 6.92 Å². The van der Waals surface area contributed by atoms with Gasteiger partial charge >= 0.3 is 0 Å². The van der Waals surface area contributed by atoms with Crippen LogP contribution in [0.1, 0.15) is 42.6 Å². The standard InChI is InChI=1S/C15H19N3/c1-10-17-14-8-11(12-6-7-16-9-12)2-5-15(14)18(10)13-3-4-13/h2,5,8,12-13,16H,3-4,6-7,9H2,1H3. The van der Waals surface area contributed by atoms with Crippen molar-refractivity contribution in [3.63, 3.8) is 0 Å². The van der Waals surface area contributed by atoms with E-state index in [2.05, 4.69) is 35.0 Å². The van der Waals surface area contributed by atoms with Crippen molar-refractivity contribution in [3.05, 3.63) is 29.6 Å². The zero-order valence-electron chi connectivity index (χ0n) is 10.8. The van der Waals surface area contributed by atoms with E-state index in [1.54, 1.807) is 0 Å². The fourth-order valence-electron chi connectivity index (χ4n) is 3.22. The third-order valence-corrected chi connectivity index (χ3v) is 4.33. The van der Waals surface area contributed by atoms with Crippen LogP contribution in [0.4, 0.5) is 0 Å². The van der Waals surface area contributed by atoms with Crippen molar-refractivity contribution in [2.75, 3.05) is 13.1 Å². The lowest BCUT2D eigenvalue weighted by Crippen LogP contribution is -2.07. The number of hydrogen-bond donors (Lipinski definition) is 1. The summed E-state index contributed by atoms with van der Waals surface area (Å²) in [7, 11) is 0. The molecule has 0 amide bonds. The molecule has 1 atom stereocenters. The Morgan fingerprint density at radius 1 is 1.28 bits per heavy atom. The third-order valence-electron chi connectivity index (χ3n) is 4.33. The monoisotopic (exact) mass is 241 g/mol. The molecule has 0 spiro atoms. The van der Waals surface area contributed by atoms with Crippen LogP contribution in [0.2, 0.25) is 0 Å². The maximum absolute atomic E-state index is 4.75. The van der Waals surface area contributed by atoms with Crippen LogP contribution in [0.15, 0.2) is 18.2 Å². The highest BCUT2D eigenvalue weighted by Crippen LogP contribution is 2.39. The van der Waals surface area contributed by atoms with Crippen LogP contribution in [0.5, 0.6) is 0 Å². The highest BCUT2D eigenvalue weighted by atomic mass is 15.1. The number of aryl methyl sites for hydroxylation is 1. The van der Waals surface area contributed by atoms with Gasteiger partial charge < -0.3 is 9.88 Å². The molecule has 3 heteroatoms. The Balaban J connectivity index is 1.80. The third kappa shape index (κ3) is 1.57. The second-order valence-corrected chi connectivity index (χ2v) is 5.70. The Morgan fingerprint density at radius 2 is 2.17 bits per heavy atom. The van der Waals surface area contributed by atoms with Crippen molar-refractivity contribution in [2.24, 2.45) is 0 Å². The molecule has 1 aliphatic heterocycles. The number of hydrogen-bond acceptors (Lipinski definition) is 2. The van der Waals surface area contributed by atoms with Gasteiger partial charge in [0.2, 0.25) is 0 Å². The molecular formula is C15H19N3. The summed E-state index contributed by atoms with van der Waals surface area (Å²) in [5, 5.41) is 3.44. The predicted molar refractivity (Wildman–Crippen MR) is 73.0 cm³/mol. The van der Waals surface area contributed by atoms with Crippen LogP contribution in [-0.2, 0) is 0 Å². The minimum Gasteiger partial charge on any atom is -0.325 e. The number of benzene rings is 1. The number of rotatable bonds is 2. The van der Waals surface area contributed by atoms with Crippen molar-refractivity contribution in [3.8, 4) is 0 Å². The van der Waals surface area contributed by atoms with Crippen molar-refractivity contribution in [1.29, 1.82) is 0 Å². The van der Waals surface area contributed by atoms with Gasteiger partial charge in [-0.15, -0.1) is 0 Å². The van der Waals surface area contributed by atoms with Gasteiger partial charge in [-0.25, -0.2) is 4.98 Å². The zero-order valence-corrected chi connectivity index (χ0v) is 10.8. The molecule has 2 fully saturated rings. The summed E-state index contributed by atoms with van der Waals surface area (Å²) in [6.07, 6.45) is 3.90. The summed E-state index contributed by atoms with van der Waals surface area (Å²) in [4.78, 5) is 4.75. The Morgan fingerprint density at radius 3 is 2.89 bits per heavy atom. The number of nitrogens with zero attached hydrogens (tertiary/aromatic N) is 2. The minimum absolute atomic E-state index is 0.681. The Labute approximate surface area is 107 Å². The molecule has 1 aliphatic carbocycles. The van der Waals surface area contributed by atoms with Crippen LogP contribution in [0.25, 0.3) is 11.0 Å². The summed E-state index contributed by atoms with van der Waals surface area (Å²) < 4.78 is 2.42. The van der Waals surface area contributed by atoms with E-state index in [0.717, 1.165) is 13.1 Å². The molecule has 2 aromatic rings. The maximum Gasteiger partial charge on any atom is 0.106 e. The van der Waals surface area contributed by atoms with E-state index in [9.17, 15) is 0 Å². The first-order valence-corrected chi connectivity index (χ1v) is 7.02. The van der Waals surface area contributed by atoms with E-state index in [4.69, 9.17) is 4.98 Å².